The van der Waals surface area contributed by atoms with E-state index in [1.54, 1.807) is 11.1 Å². The maximum Gasteiger partial charge on any atom is 0.407 e. The Balaban J connectivity index is 1.39. The Bertz CT molecular complexity index is 1370. The molecule has 2 N–H and O–H groups in total. The van der Waals surface area contributed by atoms with Crippen LogP contribution in [0.3, 0.4) is 0 Å². The van der Waals surface area contributed by atoms with Crippen LogP contribution in [0.15, 0.2) is 54.7 Å². The molecule has 0 radical (unpaired) electrons. The van der Waals surface area contributed by atoms with Gasteiger partial charge in [-0.15, -0.1) is 0 Å². The van der Waals surface area contributed by atoms with E-state index in [0.29, 0.717) is 68.8 Å². The number of hydrogen-bond acceptors (Lipinski definition) is 7. The number of rotatable bonds is 10. The quantitative estimate of drug-likeness (QED) is 0.324. The van der Waals surface area contributed by atoms with Crippen LogP contribution in [0.4, 0.5) is 22.2 Å². The SMILES string of the molecule is CCNc1ncc2c(n1)N(C)CCN(c1cccc(OCCCN(Cc3ccccc3C(C)(C)C)C(=O)O)c1)C2=O. The highest BCUT2D eigenvalue weighted by Gasteiger charge is 2.28. The zero-order valence-electron chi connectivity index (χ0n) is 24.6. The molecule has 0 unspecified atom stereocenters. The van der Waals surface area contributed by atoms with E-state index < -0.39 is 6.09 Å². The Labute approximate surface area is 242 Å². The number of nitrogens with zero attached hydrogens (tertiary/aromatic N) is 5. The van der Waals surface area contributed by atoms with E-state index in [1.165, 1.54) is 4.90 Å². The first-order chi connectivity index (χ1) is 19.6. The molecule has 2 heterocycles. The van der Waals surface area contributed by atoms with E-state index in [9.17, 15) is 14.7 Å². The summed E-state index contributed by atoms with van der Waals surface area (Å²) in [7, 11) is 1.92. The molecule has 10 heteroatoms. The third kappa shape index (κ3) is 7.25. The molecule has 0 aliphatic carbocycles. The normalized spacial score (nSPS) is 13.4. The van der Waals surface area contributed by atoms with Crippen LogP contribution in [0.2, 0.25) is 0 Å². The number of nitrogens with one attached hydrogen (secondary N) is 1. The van der Waals surface area contributed by atoms with Crippen molar-refractivity contribution in [2.24, 2.45) is 0 Å². The molecular formula is C31H40N6O4. The Morgan fingerprint density at radius 2 is 1.93 bits per heavy atom. The fourth-order valence-corrected chi connectivity index (χ4v) is 4.93. The van der Waals surface area contributed by atoms with Gasteiger partial charge in [-0.25, -0.2) is 9.78 Å². The summed E-state index contributed by atoms with van der Waals surface area (Å²) in [4.78, 5) is 39.5. The molecule has 218 valence electrons. The standard InChI is InChI=1S/C31H40N6O4/c1-6-32-29-33-20-25-27(34-29)35(5)16-17-37(28(25)38)23-12-9-13-24(19-23)41-18-10-15-36(30(39)40)21-22-11-7-8-14-26(22)31(2,3)4/h7-9,11-14,19-20H,6,10,15-18,21H2,1-5H3,(H,39,40)(H,32,33,34). The molecule has 1 aliphatic heterocycles. The number of likely N-dealkylation sites (N-methyl/N-ethyl adjacent to an activating group) is 1. The Hall–Kier alpha value is -4.34. The van der Waals surface area contributed by atoms with Crippen molar-refractivity contribution in [3.05, 3.63) is 71.4 Å². The first kappa shape index (κ1) is 29.6. The highest BCUT2D eigenvalue weighted by atomic mass is 16.5. The van der Waals surface area contributed by atoms with E-state index in [2.05, 4.69) is 42.1 Å². The molecule has 0 bridgehead atoms. The Morgan fingerprint density at radius 3 is 2.66 bits per heavy atom. The summed E-state index contributed by atoms with van der Waals surface area (Å²) in [6, 6.07) is 15.4. The van der Waals surface area contributed by atoms with Gasteiger partial charge < -0.3 is 29.9 Å². The number of hydrogen-bond donors (Lipinski definition) is 2. The minimum absolute atomic E-state index is 0.0800. The molecule has 1 aliphatic rings. The fourth-order valence-electron chi connectivity index (χ4n) is 4.93. The van der Waals surface area contributed by atoms with Gasteiger partial charge in [0.05, 0.1) is 6.61 Å². The van der Waals surface area contributed by atoms with Gasteiger partial charge in [-0.2, -0.15) is 4.98 Å². The van der Waals surface area contributed by atoms with Crippen molar-refractivity contribution in [3.63, 3.8) is 0 Å². The van der Waals surface area contributed by atoms with Crippen LogP contribution in [0.5, 0.6) is 5.75 Å². The van der Waals surface area contributed by atoms with Gasteiger partial charge in [0.1, 0.15) is 17.1 Å². The van der Waals surface area contributed by atoms with Crippen molar-refractivity contribution in [3.8, 4) is 5.75 Å². The second kappa shape index (κ2) is 12.9. The van der Waals surface area contributed by atoms with E-state index in [0.717, 1.165) is 16.8 Å². The minimum atomic E-state index is -0.956. The number of amides is 2. The van der Waals surface area contributed by atoms with E-state index in [4.69, 9.17) is 4.74 Å². The molecule has 2 aromatic carbocycles. The van der Waals surface area contributed by atoms with Gasteiger partial charge in [-0.05, 0) is 42.0 Å². The summed E-state index contributed by atoms with van der Waals surface area (Å²) in [5, 5.41) is 12.9. The summed E-state index contributed by atoms with van der Waals surface area (Å²) in [6.45, 7) is 11.1. The Morgan fingerprint density at radius 1 is 1.15 bits per heavy atom. The van der Waals surface area contributed by atoms with Gasteiger partial charge in [-0.3, -0.25) is 4.79 Å². The van der Waals surface area contributed by atoms with Crippen LogP contribution in [-0.4, -0.2) is 71.8 Å². The first-order valence-corrected chi connectivity index (χ1v) is 14.0. The lowest BCUT2D eigenvalue weighted by Crippen LogP contribution is -2.33. The average molecular weight is 561 g/mol. The zero-order valence-corrected chi connectivity index (χ0v) is 24.6. The van der Waals surface area contributed by atoms with Gasteiger partial charge in [0, 0.05) is 57.7 Å². The second-order valence-electron chi connectivity index (χ2n) is 11.2. The molecule has 3 aromatic rings. The van der Waals surface area contributed by atoms with Crippen molar-refractivity contribution in [1.82, 2.24) is 14.9 Å². The summed E-state index contributed by atoms with van der Waals surface area (Å²) in [6.07, 6.45) is 1.15. The van der Waals surface area contributed by atoms with Crippen LogP contribution in [0.1, 0.15) is 55.6 Å². The van der Waals surface area contributed by atoms with Crippen LogP contribution >= 0.6 is 0 Å². The molecule has 0 atom stereocenters. The Kier molecular flexibility index (Phi) is 9.31. The number of anilines is 3. The van der Waals surface area contributed by atoms with E-state index in [1.807, 2.05) is 61.3 Å². The van der Waals surface area contributed by atoms with Crippen molar-refractivity contribution >= 4 is 29.5 Å². The predicted octanol–water partition coefficient (Wildman–Crippen LogP) is 5.25. The zero-order chi connectivity index (χ0) is 29.6. The third-order valence-corrected chi connectivity index (χ3v) is 7.03. The summed E-state index contributed by atoms with van der Waals surface area (Å²) >= 11 is 0. The van der Waals surface area contributed by atoms with E-state index >= 15 is 0 Å². The lowest BCUT2D eigenvalue weighted by Gasteiger charge is -2.26. The molecule has 10 nitrogen and oxygen atoms in total. The van der Waals surface area contributed by atoms with Crippen molar-refractivity contribution < 1.29 is 19.4 Å². The van der Waals surface area contributed by atoms with Crippen LogP contribution in [0, 0.1) is 0 Å². The van der Waals surface area contributed by atoms with Gasteiger partial charge in [0.15, 0.2) is 0 Å². The average Bonchev–Trinajstić information content (AvgIpc) is 3.06. The van der Waals surface area contributed by atoms with Crippen LogP contribution in [0.25, 0.3) is 0 Å². The highest BCUT2D eigenvalue weighted by molar-refractivity contribution is 6.09. The van der Waals surface area contributed by atoms with Crippen molar-refractivity contribution in [2.45, 2.75) is 46.1 Å². The van der Waals surface area contributed by atoms with Crippen LogP contribution < -0.4 is 19.9 Å². The summed E-state index contributed by atoms with van der Waals surface area (Å²) < 4.78 is 5.99. The number of benzene rings is 2. The molecule has 0 saturated heterocycles. The molecule has 4 rings (SSSR count). The van der Waals surface area contributed by atoms with E-state index in [-0.39, 0.29) is 11.3 Å². The maximum atomic E-state index is 13.5. The number of carbonyl (C=O) groups excluding carboxylic acids is 1. The second-order valence-corrected chi connectivity index (χ2v) is 11.2. The molecule has 0 fully saturated rings. The molecule has 2 amide bonds. The maximum absolute atomic E-state index is 13.5. The number of ether oxygens (including phenoxy) is 1. The van der Waals surface area contributed by atoms with Gasteiger partial charge in [0.2, 0.25) is 5.95 Å². The number of carboxylic acid groups (broad SMARTS) is 1. The number of fused-ring (bicyclic) bond motifs is 1. The lowest BCUT2D eigenvalue weighted by atomic mass is 9.83. The predicted molar refractivity (Wildman–Crippen MR) is 161 cm³/mol. The largest absolute Gasteiger partial charge is 0.493 e. The minimum Gasteiger partial charge on any atom is -0.493 e. The monoisotopic (exact) mass is 560 g/mol. The first-order valence-electron chi connectivity index (χ1n) is 14.0. The lowest BCUT2D eigenvalue weighted by molar-refractivity contribution is 0.0989. The summed E-state index contributed by atoms with van der Waals surface area (Å²) in [5.41, 5.74) is 3.23. The fraction of sp³-hybridized carbons (Fsp3) is 0.419. The van der Waals surface area contributed by atoms with Crippen molar-refractivity contribution in [2.75, 3.05) is 55.0 Å². The molecule has 1 aromatic heterocycles. The van der Waals surface area contributed by atoms with Crippen molar-refractivity contribution in [1.29, 1.82) is 0 Å². The number of aromatic nitrogens is 2. The van der Waals surface area contributed by atoms with Gasteiger partial charge in [0.25, 0.3) is 5.91 Å². The van der Waals surface area contributed by atoms with Gasteiger partial charge in [-0.1, -0.05) is 51.1 Å². The molecule has 0 saturated carbocycles. The number of carbonyl (C=O) groups is 2. The van der Waals surface area contributed by atoms with Crippen LogP contribution in [-0.2, 0) is 12.0 Å². The van der Waals surface area contributed by atoms with Gasteiger partial charge >= 0.3 is 6.09 Å². The third-order valence-electron chi connectivity index (χ3n) is 7.03. The molecule has 0 spiro atoms. The topological polar surface area (TPSA) is 111 Å². The highest BCUT2D eigenvalue weighted by Crippen LogP contribution is 2.29. The smallest absolute Gasteiger partial charge is 0.407 e. The molecule has 41 heavy (non-hydrogen) atoms. The molecular weight excluding hydrogens is 520 g/mol. The summed E-state index contributed by atoms with van der Waals surface area (Å²) in [5.74, 6) is 1.54.